The highest BCUT2D eigenvalue weighted by molar-refractivity contribution is 7.89. The van der Waals surface area contributed by atoms with Gasteiger partial charge in [-0.25, -0.2) is 13.2 Å². The average molecular weight is 361 g/mol. The summed E-state index contributed by atoms with van der Waals surface area (Å²) in [6.07, 6.45) is 1.70. The number of aromatic nitrogens is 1. The fraction of sp³-hybridized carbons (Fsp3) is 0.643. The molecule has 0 spiro atoms. The molecular formula is C14H23N3O6S. The fourth-order valence-corrected chi connectivity index (χ4v) is 3.70. The number of carboxylic acids is 1. The number of amides is 1. The molecule has 10 heteroatoms. The molecule has 0 saturated carbocycles. The largest absolute Gasteiger partial charge is 0.480 e. The molecule has 1 unspecified atom stereocenters. The Hall–Kier alpha value is -1.94. The maximum atomic E-state index is 12.3. The molecule has 0 aliphatic rings. The Morgan fingerprint density at radius 1 is 1.33 bits per heavy atom. The lowest BCUT2D eigenvalue weighted by Crippen LogP contribution is -2.50. The van der Waals surface area contributed by atoms with E-state index in [-0.39, 0.29) is 22.8 Å². The Bertz CT molecular complexity index is 678. The number of carbonyl (C=O) groups excluding carboxylic acids is 1. The highest BCUT2D eigenvalue weighted by atomic mass is 32.2. The van der Waals surface area contributed by atoms with Gasteiger partial charge in [0.05, 0.1) is 6.04 Å². The molecule has 1 rings (SSSR count). The van der Waals surface area contributed by atoms with Crippen LogP contribution in [0.4, 0.5) is 0 Å². The molecule has 0 fully saturated rings. The van der Waals surface area contributed by atoms with Crippen LogP contribution in [-0.4, -0.2) is 42.6 Å². The quantitative estimate of drug-likeness (QED) is 0.589. The van der Waals surface area contributed by atoms with Crippen LogP contribution in [0, 0.1) is 13.8 Å². The van der Waals surface area contributed by atoms with Crippen LogP contribution >= 0.6 is 0 Å². The van der Waals surface area contributed by atoms with Crippen molar-refractivity contribution in [2.24, 2.45) is 0 Å². The van der Waals surface area contributed by atoms with Crippen molar-refractivity contribution in [2.75, 3.05) is 0 Å². The SMILES string of the molecule is CCCC[C@H](NC(=O)C(C)NS(=O)(=O)c1c(C)noc1C)C(=O)O. The zero-order chi connectivity index (χ0) is 18.5. The van der Waals surface area contributed by atoms with Crippen molar-refractivity contribution in [3.05, 3.63) is 11.5 Å². The molecule has 9 nitrogen and oxygen atoms in total. The van der Waals surface area contributed by atoms with Crippen LogP contribution in [0.1, 0.15) is 44.6 Å². The molecular weight excluding hydrogens is 338 g/mol. The number of sulfonamides is 1. The van der Waals surface area contributed by atoms with Gasteiger partial charge < -0.3 is 14.9 Å². The number of carboxylic acid groups (broad SMARTS) is 1. The average Bonchev–Trinajstić information content (AvgIpc) is 2.82. The van der Waals surface area contributed by atoms with E-state index in [9.17, 15) is 18.0 Å². The van der Waals surface area contributed by atoms with Crippen molar-refractivity contribution in [2.45, 2.75) is 63.9 Å². The maximum Gasteiger partial charge on any atom is 0.326 e. The molecule has 1 aromatic heterocycles. The summed E-state index contributed by atoms with van der Waals surface area (Å²) < 4.78 is 31.7. The van der Waals surface area contributed by atoms with E-state index in [0.717, 1.165) is 6.42 Å². The Morgan fingerprint density at radius 2 is 1.96 bits per heavy atom. The second-order valence-corrected chi connectivity index (χ2v) is 7.19. The van der Waals surface area contributed by atoms with E-state index >= 15 is 0 Å². The Balaban J connectivity index is 2.81. The van der Waals surface area contributed by atoms with Crippen LogP contribution in [0.5, 0.6) is 0 Å². The van der Waals surface area contributed by atoms with Crippen molar-refractivity contribution in [1.82, 2.24) is 15.2 Å². The minimum atomic E-state index is -4.01. The van der Waals surface area contributed by atoms with Gasteiger partial charge in [0.1, 0.15) is 16.6 Å². The summed E-state index contributed by atoms with van der Waals surface area (Å²) in [5, 5.41) is 15.0. The third-order valence-electron chi connectivity index (χ3n) is 3.42. The van der Waals surface area contributed by atoms with E-state index in [0.29, 0.717) is 6.42 Å². The Morgan fingerprint density at radius 3 is 2.42 bits per heavy atom. The second-order valence-electron chi connectivity index (χ2n) is 5.54. The number of hydrogen-bond donors (Lipinski definition) is 3. The number of nitrogens with zero attached hydrogens (tertiary/aromatic N) is 1. The van der Waals surface area contributed by atoms with Gasteiger partial charge in [0.25, 0.3) is 0 Å². The molecule has 0 radical (unpaired) electrons. The molecule has 0 saturated heterocycles. The normalized spacial score (nSPS) is 14.2. The number of rotatable bonds is 9. The van der Waals surface area contributed by atoms with Crippen molar-refractivity contribution in [3.8, 4) is 0 Å². The summed E-state index contributed by atoms with van der Waals surface area (Å²) in [5.41, 5.74) is 0.180. The predicted octanol–water partition coefficient (Wildman–Crippen LogP) is 0.718. The monoisotopic (exact) mass is 361 g/mol. The molecule has 1 heterocycles. The first kappa shape index (κ1) is 20.1. The molecule has 3 N–H and O–H groups in total. The van der Waals surface area contributed by atoms with E-state index in [2.05, 4.69) is 15.2 Å². The van der Waals surface area contributed by atoms with E-state index in [1.54, 1.807) is 0 Å². The Labute approximate surface area is 140 Å². The molecule has 2 atom stereocenters. The minimum absolute atomic E-state index is 0.110. The molecule has 1 aromatic rings. The summed E-state index contributed by atoms with van der Waals surface area (Å²) in [4.78, 5) is 23.1. The molecule has 0 aliphatic heterocycles. The zero-order valence-electron chi connectivity index (χ0n) is 14.1. The molecule has 0 aliphatic carbocycles. The van der Waals surface area contributed by atoms with E-state index in [1.807, 2.05) is 6.92 Å². The van der Waals surface area contributed by atoms with Crippen LogP contribution < -0.4 is 10.0 Å². The lowest BCUT2D eigenvalue weighted by molar-refractivity contribution is -0.142. The summed E-state index contributed by atoms with van der Waals surface area (Å²) in [6, 6.07) is -2.20. The van der Waals surface area contributed by atoms with Crippen molar-refractivity contribution >= 4 is 21.9 Å². The number of nitrogens with one attached hydrogen (secondary N) is 2. The third-order valence-corrected chi connectivity index (χ3v) is 5.21. The number of aliphatic carboxylic acids is 1. The van der Waals surface area contributed by atoms with Gasteiger partial charge >= 0.3 is 5.97 Å². The van der Waals surface area contributed by atoms with Crippen molar-refractivity contribution in [1.29, 1.82) is 0 Å². The van der Waals surface area contributed by atoms with Gasteiger partial charge in [0.15, 0.2) is 5.76 Å². The van der Waals surface area contributed by atoms with Gasteiger partial charge in [-0.15, -0.1) is 0 Å². The van der Waals surface area contributed by atoms with Crippen LogP contribution in [-0.2, 0) is 19.6 Å². The highest BCUT2D eigenvalue weighted by Crippen LogP contribution is 2.18. The van der Waals surface area contributed by atoms with Crippen LogP contribution in [0.15, 0.2) is 9.42 Å². The summed E-state index contributed by atoms with van der Waals surface area (Å²) in [7, 11) is -4.01. The number of hydrogen-bond acceptors (Lipinski definition) is 6. The van der Waals surface area contributed by atoms with Crippen LogP contribution in [0.25, 0.3) is 0 Å². The Kier molecular flexibility index (Phi) is 6.91. The lowest BCUT2D eigenvalue weighted by Gasteiger charge is -2.18. The van der Waals surface area contributed by atoms with Crippen LogP contribution in [0.3, 0.4) is 0 Å². The second kappa shape index (κ2) is 8.25. The molecule has 0 aromatic carbocycles. The lowest BCUT2D eigenvalue weighted by atomic mass is 10.1. The van der Waals surface area contributed by atoms with Crippen molar-refractivity contribution < 1.29 is 27.6 Å². The number of aryl methyl sites for hydroxylation is 2. The molecule has 1 amide bonds. The standard InChI is InChI=1S/C14H23N3O6S/c1-5-6-7-11(14(19)20)15-13(18)9(3)17-24(21,22)12-8(2)16-23-10(12)4/h9,11,17H,5-7H2,1-4H3,(H,15,18)(H,19,20)/t9?,11-/m0/s1. The van der Waals surface area contributed by atoms with Gasteiger partial charge in [0, 0.05) is 0 Å². The smallest absolute Gasteiger partial charge is 0.326 e. The van der Waals surface area contributed by atoms with E-state index in [1.165, 1.54) is 20.8 Å². The van der Waals surface area contributed by atoms with Gasteiger partial charge in [-0.2, -0.15) is 4.72 Å². The highest BCUT2D eigenvalue weighted by Gasteiger charge is 2.29. The topological polar surface area (TPSA) is 139 Å². The maximum absolute atomic E-state index is 12.3. The third kappa shape index (κ3) is 5.03. The minimum Gasteiger partial charge on any atom is -0.480 e. The molecule has 24 heavy (non-hydrogen) atoms. The van der Waals surface area contributed by atoms with Gasteiger partial charge in [-0.3, -0.25) is 4.79 Å². The summed E-state index contributed by atoms with van der Waals surface area (Å²) in [6.45, 7) is 6.16. The predicted molar refractivity (Wildman–Crippen MR) is 84.9 cm³/mol. The fourth-order valence-electron chi connectivity index (χ4n) is 2.17. The first-order valence-electron chi connectivity index (χ1n) is 7.58. The van der Waals surface area contributed by atoms with Crippen LogP contribution in [0.2, 0.25) is 0 Å². The number of carbonyl (C=O) groups is 2. The zero-order valence-corrected chi connectivity index (χ0v) is 14.9. The molecule has 0 bridgehead atoms. The molecule has 136 valence electrons. The van der Waals surface area contributed by atoms with Gasteiger partial charge in [-0.05, 0) is 27.2 Å². The number of unbranched alkanes of at least 4 members (excludes halogenated alkanes) is 1. The van der Waals surface area contributed by atoms with Gasteiger partial charge in [0.2, 0.25) is 15.9 Å². The van der Waals surface area contributed by atoms with E-state index < -0.39 is 34.0 Å². The van der Waals surface area contributed by atoms with Crippen molar-refractivity contribution in [3.63, 3.8) is 0 Å². The van der Waals surface area contributed by atoms with Gasteiger partial charge in [-0.1, -0.05) is 24.9 Å². The van der Waals surface area contributed by atoms with E-state index in [4.69, 9.17) is 9.63 Å². The summed E-state index contributed by atoms with van der Waals surface area (Å²) in [5.74, 6) is -1.76. The summed E-state index contributed by atoms with van der Waals surface area (Å²) >= 11 is 0. The first-order chi connectivity index (χ1) is 11.1. The first-order valence-corrected chi connectivity index (χ1v) is 9.06.